The van der Waals surface area contributed by atoms with Gasteiger partial charge in [-0.3, -0.25) is 0 Å². The molecule has 0 spiro atoms. The summed E-state index contributed by atoms with van der Waals surface area (Å²) >= 11 is 0. The van der Waals surface area contributed by atoms with E-state index in [9.17, 15) is 4.79 Å². The Kier molecular flexibility index (Phi) is 5.16. The van der Waals surface area contributed by atoms with Crippen LogP contribution in [0.25, 0.3) is 0 Å². The van der Waals surface area contributed by atoms with E-state index in [1.54, 1.807) is 0 Å². The highest BCUT2D eigenvalue weighted by molar-refractivity contribution is 5.86. The second-order valence-corrected chi connectivity index (χ2v) is 3.86. The van der Waals surface area contributed by atoms with Crippen LogP contribution in [-0.2, 0) is 4.79 Å². The van der Waals surface area contributed by atoms with Crippen molar-refractivity contribution < 1.29 is 9.90 Å². The Labute approximate surface area is 90.9 Å². The zero-order chi connectivity index (χ0) is 11.1. The summed E-state index contributed by atoms with van der Waals surface area (Å²) in [6.45, 7) is 5.51. The van der Waals surface area contributed by atoms with Crippen LogP contribution in [0.3, 0.4) is 0 Å². The quantitative estimate of drug-likeness (QED) is 0.530. The number of carboxylic acid groups (broad SMARTS) is 1. The fourth-order valence-electron chi connectivity index (χ4n) is 1.60. The molecule has 1 heterocycles. The van der Waals surface area contributed by atoms with E-state index >= 15 is 0 Å². The predicted molar refractivity (Wildman–Crippen MR) is 58.6 cm³/mol. The molecule has 1 rings (SSSR count). The zero-order valence-corrected chi connectivity index (χ0v) is 9.20. The molecule has 1 aliphatic rings. The molecule has 1 N–H and O–H groups in total. The van der Waals surface area contributed by atoms with E-state index in [-0.39, 0.29) is 0 Å². The van der Waals surface area contributed by atoms with Crippen molar-refractivity contribution in [3.8, 4) is 11.8 Å². The molecule has 1 fully saturated rings. The number of carboxylic acids is 1. The third-order valence-corrected chi connectivity index (χ3v) is 2.57. The van der Waals surface area contributed by atoms with Crippen molar-refractivity contribution in [1.29, 1.82) is 0 Å². The normalized spacial score (nSPS) is 18.2. The van der Waals surface area contributed by atoms with Gasteiger partial charge < -0.3 is 14.9 Å². The van der Waals surface area contributed by atoms with Crippen molar-refractivity contribution in [2.45, 2.75) is 12.8 Å². The van der Waals surface area contributed by atoms with Crippen LogP contribution in [0.15, 0.2) is 0 Å². The van der Waals surface area contributed by atoms with Gasteiger partial charge in [-0.15, -0.1) is 0 Å². The third-order valence-electron chi connectivity index (χ3n) is 2.57. The average molecular weight is 210 g/mol. The van der Waals surface area contributed by atoms with E-state index in [1.807, 2.05) is 0 Å². The summed E-state index contributed by atoms with van der Waals surface area (Å²) in [6, 6.07) is 0. The van der Waals surface area contributed by atoms with E-state index in [0.29, 0.717) is 6.42 Å². The minimum atomic E-state index is -1.03. The molecule has 4 heteroatoms. The predicted octanol–water partition coefficient (Wildman–Crippen LogP) is 0.102. The molecule has 0 aliphatic carbocycles. The number of rotatable bonds is 3. The lowest BCUT2D eigenvalue weighted by molar-refractivity contribution is -0.130. The van der Waals surface area contributed by atoms with E-state index < -0.39 is 5.97 Å². The van der Waals surface area contributed by atoms with Gasteiger partial charge in [-0.2, -0.15) is 0 Å². The van der Waals surface area contributed by atoms with Gasteiger partial charge in [0.1, 0.15) is 0 Å². The maximum absolute atomic E-state index is 10.1. The van der Waals surface area contributed by atoms with E-state index in [0.717, 1.165) is 39.1 Å². The molecule has 0 radical (unpaired) electrons. The average Bonchev–Trinajstić information content (AvgIpc) is 2.20. The molecule has 4 nitrogen and oxygen atoms in total. The van der Waals surface area contributed by atoms with E-state index in [4.69, 9.17) is 5.11 Å². The van der Waals surface area contributed by atoms with Crippen LogP contribution >= 0.6 is 0 Å². The van der Waals surface area contributed by atoms with Crippen LogP contribution in [0.5, 0.6) is 0 Å². The lowest BCUT2D eigenvalue weighted by Crippen LogP contribution is -2.44. The molecule has 0 amide bonds. The number of aliphatic carboxylic acids is 1. The number of carbonyl (C=O) groups is 1. The number of hydrogen-bond donors (Lipinski definition) is 1. The number of likely N-dealkylation sites (N-methyl/N-ethyl adjacent to an activating group) is 1. The Hall–Kier alpha value is -1.05. The Balaban J connectivity index is 2.06. The third kappa shape index (κ3) is 5.40. The van der Waals surface area contributed by atoms with Gasteiger partial charge in [-0.05, 0) is 20.0 Å². The summed E-state index contributed by atoms with van der Waals surface area (Å²) in [4.78, 5) is 14.8. The second-order valence-electron chi connectivity index (χ2n) is 3.86. The maximum atomic E-state index is 10.1. The fraction of sp³-hybridized carbons (Fsp3) is 0.727. The lowest BCUT2D eigenvalue weighted by atomic mass is 10.2. The van der Waals surface area contributed by atoms with Gasteiger partial charge in [0.2, 0.25) is 0 Å². The molecule has 0 unspecified atom stereocenters. The van der Waals surface area contributed by atoms with Crippen LogP contribution < -0.4 is 0 Å². The SMILES string of the molecule is CN1CCN(CCCC#CC(=O)O)CC1. The molecule has 0 aromatic carbocycles. The van der Waals surface area contributed by atoms with Crippen LogP contribution in [-0.4, -0.2) is 60.6 Å². The second kappa shape index (κ2) is 6.44. The molecule has 0 atom stereocenters. The summed E-state index contributed by atoms with van der Waals surface area (Å²) < 4.78 is 0. The van der Waals surface area contributed by atoms with Crippen LogP contribution in [0.4, 0.5) is 0 Å². The molecule has 0 saturated carbocycles. The van der Waals surface area contributed by atoms with Crippen molar-refractivity contribution >= 4 is 5.97 Å². The summed E-state index contributed by atoms with van der Waals surface area (Å²) in [6.07, 6.45) is 1.64. The van der Waals surface area contributed by atoms with Gasteiger partial charge >= 0.3 is 5.97 Å². The summed E-state index contributed by atoms with van der Waals surface area (Å²) in [5, 5.41) is 8.30. The highest BCUT2D eigenvalue weighted by Gasteiger charge is 2.12. The highest BCUT2D eigenvalue weighted by Crippen LogP contribution is 2.00. The van der Waals surface area contributed by atoms with Crippen molar-refractivity contribution in [3.05, 3.63) is 0 Å². The lowest BCUT2D eigenvalue weighted by Gasteiger charge is -2.32. The van der Waals surface area contributed by atoms with Crippen molar-refractivity contribution in [2.75, 3.05) is 39.8 Å². The first-order valence-corrected chi connectivity index (χ1v) is 5.31. The summed E-state index contributed by atoms with van der Waals surface area (Å²) in [7, 11) is 2.13. The molecule has 84 valence electrons. The highest BCUT2D eigenvalue weighted by atomic mass is 16.4. The summed E-state index contributed by atoms with van der Waals surface area (Å²) in [5.74, 6) is 3.74. The molecule has 15 heavy (non-hydrogen) atoms. The van der Waals surface area contributed by atoms with Crippen LogP contribution in [0.1, 0.15) is 12.8 Å². The molecular weight excluding hydrogens is 192 g/mol. The monoisotopic (exact) mass is 210 g/mol. The Morgan fingerprint density at radius 3 is 2.60 bits per heavy atom. The van der Waals surface area contributed by atoms with Crippen LogP contribution in [0, 0.1) is 11.8 Å². The Bertz CT molecular complexity index is 259. The molecule has 1 aliphatic heterocycles. The number of unbranched alkanes of at least 4 members (excludes halogenated alkanes) is 1. The molecule has 0 aromatic rings. The Morgan fingerprint density at radius 2 is 2.00 bits per heavy atom. The first kappa shape index (κ1) is 12.0. The largest absolute Gasteiger partial charge is 0.472 e. The first-order chi connectivity index (χ1) is 7.18. The van der Waals surface area contributed by atoms with Crippen molar-refractivity contribution in [2.24, 2.45) is 0 Å². The van der Waals surface area contributed by atoms with Gasteiger partial charge in [-0.1, -0.05) is 5.92 Å². The minimum Gasteiger partial charge on any atom is -0.472 e. The minimum absolute atomic E-state index is 0.679. The molecule has 0 aromatic heterocycles. The zero-order valence-electron chi connectivity index (χ0n) is 9.20. The first-order valence-electron chi connectivity index (χ1n) is 5.31. The van der Waals surface area contributed by atoms with Crippen molar-refractivity contribution in [1.82, 2.24) is 9.80 Å². The molecular formula is C11H18N2O2. The van der Waals surface area contributed by atoms with Gasteiger partial charge in [0.15, 0.2) is 0 Å². The van der Waals surface area contributed by atoms with Gasteiger partial charge in [0, 0.05) is 38.5 Å². The fourth-order valence-corrected chi connectivity index (χ4v) is 1.60. The van der Waals surface area contributed by atoms with E-state index in [2.05, 4.69) is 28.7 Å². The number of hydrogen-bond acceptors (Lipinski definition) is 3. The number of piperazine rings is 1. The molecule has 0 bridgehead atoms. The van der Waals surface area contributed by atoms with E-state index in [1.165, 1.54) is 0 Å². The maximum Gasteiger partial charge on any atom is 0.381 e. The van der Waals surface area contributed by atoms with Crippen molar-refractivity contribution in [3.63, 3.8) is 0 Å². The molecule has 1 saturated heterocycles. The van der Waals surface area contributed by atoms with Crippen LogP contribution in [0.2, 0.25) is 0 Å². The van der Waals surface area contributed by atoms with Gasteiger partial charge in [-0.25, -0.2) is 4.79 Å². The number of nitrogens with zero attached hydrogens (tertiary/aromatic N) is 2. The standard InChI is InChI=1S/C11H18N2O2/c1-12-7-9-13(10-8-12)6-4-2-3-5-11(14)15/h2,4,6-10H2,1H3,(H,14,15). The summed E-state index contributed by atoms with van der Waals surface area (Å²) in [5.41, 5.74) is 0. The topological polar surface area (TPSA) is 43.8 Å². The smallest absolute Gasteiger partial charge is 0.381 e. The van der Waals surface area contributed by atoms with Gasteiger partial charge in [0.05, 0.1) is 0 Å². The van der Waals surface area contributed by atoms with Gasteiger partial charge in [0.25, 0.3) is 0 Å². The Morgan fingerprint density at radius 1 is 1.33 bits per heavy atom.